The Kier molecular flexibility index (Phi) is 6.18. The third kappa shape index (κ3) is 4.62. The zero-order valence-corrected chi connectivity index (χ0v) is 19.2. The van der Waals surface area contributed by atoms with Crippen LogP contribution in [0.4, 0.5) is 11.4 Å². The van der Waals surface area contributed by atoms with Gasteiger partial charge in [-0.2, -0.15) is 0 Å². The van der Waals surface area contributed by atoms with E-state index in [2.05, 4.69) is 22.6 Å². The van der Waals surface area contributed by atoms with E-state index in [1.54, 1.807) is 11.0 Å². The van der Waals surface area contributed by atoms with Crippen LogP contribution in [-0.4, -0.2) is 42.7 Å². The molecule has 1 amide bonds. The molecular formula is C26H31N3O3. The summed E-state index contributed by atoms with van der Waals surface area (Å²) in [6.45, 7) is 4.44. The molecule has 6 nitrogen and oxygen atoms in total. The lowest BCUT2D eigenvalue weighted by Gasteiger charge is -2.27. The average Bonchev–Trinajstić information content (AvgIpc) is 3.28. The van der Waals surface area contributed by atoms with Crippen molar-refractivity contribution in [1.29, 1.82) is 0 Å². The normalized spacial score (nSPS) is 17.4. The number of aryl methyl sites for hydroxylation is 2. The summed E-state index contributed by atoms with van der Waals surface area (Å²) in [6.07, 6.45) is 3.80. The minimum absolute atomic E-state index is 0.210. The average molecular weight is 434 g/mol. The van der Waals surface area contributed by atoms with Gasteiger partial charge in [-0.05, 0) is 73.4 Å². The van der Waals surface area contributed by atoms with Crippen LogP contribution in [0.5, 0.6) is 11.5 Å². The number of carbonyl (C=O) groups excluding carboxylic acids is 1. The Morgan fingerprint density at radius 1 is 1.16 bits per heavy atom. The molecule has 3 N–H and O–H groups in total. The van der Waals surface area contributed by atoms with E-state index in [4.69, 9.17) is 4.74 Å². The van der Waals surface area contributed by atoms with Crippen LogP contribution in [0.3, 0.4) is 0 Å². The molecule has 1 aliphatic carbocycles. The van der Waals surface area contributed by atoms with Gasteiger partial charge in [-0.3, -0.25) is 4.79 Å². The molecule has 0 aromatic heterocycles. The molecular weight excluding hydrogens is 402 g/mol. The fraction of sp³-hybridized carbons (Fsp3) is 0.423. The van der Waals surface area contributed by atoms with E-state index < -0.39 is 6.10 Å². The molecule has 6 heteroatoms. The molecule has 1 fully saturated rings. The number of carbonyl (C=O) groups is 1. The van der Waals surface area contributed by atoms with E-state index in [0.29, 0.717) is 29.5 Å². The number of ether oxygens (including phenoxy) is 1. The van der Waals surface area contributed by atoms with Crippen molar-refractivity contribution in [2.24, 2.45) is 0 Å². The molecule has 0 spiro atoms. The Balaban J connectivity index is 1.58. The molecule has 2 aromatic rings. The second-order valence-electron chi connectivity index (χ2n) is 8.98. The van der Waals surface area contributed by atoms with Gasteiger partial charge in [0.25, 0.3) is 5.91 Å². The van der Waals surface area contributed by atoms with Gasteiger partial charge in [0, 0.05) is 26.2 Å². The van der Waals surface area contributed by atoms with Crippen LogP contribution in [0.15, 0.2) is 24.3 Å². The number of nitrogens with zero attached hydrogens (tertiary/aromatic N) is 1. The summed E-state index contributed by atoms with van der Waals surface area (Å²) in [5.41, 5.74) is 5.29. The minimum atomic E-state index is -0.684. The second-order valence-corrected chi connectivity index (χ2v) is 8.98. The number of hydrogen-bond acceptors (Lipinski definition) is 5. The van der Waals surface area contributed by atoms with Gasteiger partial charge < -0.3 is 25.4 Å². The lowest BCUT2D eigenvalue weighted by Crippen LogP contribution is -2.41. The molecule has 1 heterocycles. The summed E-state index contributed by atoms with van der Waals surface area (Å²) in [5, 5.41) is 16.9. The minimum Gasteiger partial charge on any atom is -0.508 e. The Morgan fingerprint density at radius 2 is 1.88 bits per heavy atom. The molecule has 1 saturated carbocycles. The number of hydrogen-bond donors (Lipinski definition) is 3. The number of amides is 1. The van der Waals surface area contributed by atoms with Gasteiger partial charge in [0.1, 0.15) is 11.5 Å². The molecule has 0 radical (unpaired) electrons. The first-order valence-electron chi connectivity index (χ1n) is 11.2. The first kappa shape index (κ1) is 21.9. The van der Waals surface area contributed by atoms with Crippen molar-refractivity contribution in [3.05, 3.63) is 46.5 Å². The fourth-order valence-corrected chi connectivity index (χ4v) is 4.33. The number of aromatic hydroxyl groups is 1. The summed E-state index contributed by atoms with van der Waals surface area (Å²) >= 11 is 0. The molecule has 0 bridgehead atoms. The third-order valence-electron chi connectivity index (χ3n) is 6.27. The molecule has 1 unspecified atom stereocenters. The highest BCUT2D eigenvalue weighted by atomic mass is 16.5. The van der Waals surface area contributed by atoms with Crippen molar-refractivity contribution < 1.29 is 14.6 Å². The van der Waals surface area contributed by atoms with Crippen LogP contribution in [0.25, 0.3) is 0 Å². The van der Waals surface area contributed by atoms with Crippen LogP contribution in [0, 0.1) is 25.8 Å². The van der Waals surface area contributed by atoms with Gasteiger partial charge in [-0.1, -0.05) is 12.8 Å². The van der Waals surface area contributed by atoms with Crippen molar-refractivity contribution in [3.8, 4) is 23.5 Å². The number of benzene rings is 2. The van der Waals surface area contributed by atoms with Crippen molar-refractivity contribution in [2.75, 3.05) is 31.3 Å². The maximum absolute atomic E-state index is 13.1. The topological polar surface area (TPSA) is 73.8 Å². The molecule has 1 aliphatic heterocycles. The van der Waals surface area contributed by atoms with Crippen molar-refractivity contribution in [2.45, 2.75) is 51.6 Å². The highest BCUT2D eigenvalue weighted by Gasteiger charge is 2.28. The van der Waals surface area contributed by atoms with E-state index in [1.807, 2.05) is 46.1 Å². The number of rotatable bonds is 3. The number of fused-ring (bicyclic) bond motifs is 1. The van der Waals surface area contributed by atoms with E-state index in [9.17, 15) is 9.90 Å². The number of phenols is 1. The van der Waals surface area contributed by atoms with Crippen LogP contribution in [0.2, 0.25) is 0 Å². The van der Waals surface area contributed by atoms with Crippen LogP contribution in [0.1, 0.15) is 53.9 Å². The largest absolute Gasteiger partial charge is 0.508 e. The van der Waals surface area contributed by atoms with Crippen LogP contribution < -0.4 is 15.4 Å². The first-order chi connectivity index (χ1) is 15.3. The van der Waals surface area contributed by atoms with Gasteiger partial charge in [-0.25, -0.2) is 0 Å². The summed E-state index contributed by atoms with van der Waals surface area (Å²) in [5.74, 6) is 4.08. The van der Waals surface area contributed by atoms with Crippen LogP contribution in [-0.2, 0) is 4.79 Å². The third-order valence-corrected chi connectivity index (χ3v) is 6.27. The smallest absolute Gasteiger partial charge is 0.267 e. The quantitative estimate of drug-likeness (QED) is 0.496. The molecule has 2 aliphatic rings. The summed E-state index contributed by atoms with van der Waals surface area (Å²) in [6, 6.07) is 10.6. The highest BCUT2D eigenvalue weighted by molar-refractivity contribution is 5.96. The van der Waals surface area contributed by atoms with E-state index >= 15 is 0 Å². The Hall–Kier alpha value is -3.33. The zero-order chi connectivity index (χ0) is 22.8. The maximum Gasteiger partial charge on any atom is 0.267 e. The summed E-state index contributed by atoms with van der Waals surface area (Å²) in [7, 11) is 3.73. The maximum atomic E-state index is 13.1. The molecule has 1 atom stereocenters. The van der Waals surface area contributed by atoms with Crippen molar-refractivity contribution >= 4 is 17.3 Å². The lowest BCUT2D eigenvalue weighted by molar-refractivity contribution is -0.122. The molecule has 4 rings (SSSR count). The SMILES string of the molecule is Cc1cc2c(cc1C)OC(C(=O)Nc1cc(O)c(C3CCCC3)cc1C#CN(C)C)CN2. The molecule has 2 aromatic carbocycles. The fourth-order valence-electron chi connectivity index (χ4n) is 4.33. The Labute approximate surface area is 190 Å². The lowest BCUT2D eigenvalue weighted by atomic mass is 9.94. The molecule has 168 valence electrons. The molecule has 0 saturated heterocycles. The number of nitrogens with one attached hydrogen (secondary N) is 2. The van der Waals surface area contributed by atoms with Crippen LogP contribution >= 0.6 is 0 Å². The van der Waals surface area contributed by atoms with Gasteiger partial charge in [0.2, 0.25) is 0 Å². The Bertz CT molecular complexity index is 1090. The zero-order valence-electron chi connectivity index (χ0n) is 19.2. The van der Waals surface area contributed by atoms with Crippen molar-refractivity contribution in [1.82, 2.24) is 4.90 Å². The predicted octanol–water partition coefficient (Wildman–Crippen LogP) is 4.35. The highest BCUT2D eigenvalue weighted by Crippen LogP contribution is 2.40. The van der Waals surface area contributed by atoms with E-state index in [1.165, 1.54) is 18.4 Å². The van der Waals surface area contributed by atoms with Gasteiger partial charge in [0.15, 0.2) is 6.10 Å². The summed E-state index contributed by atoms with van der Waals surface area (Å²) < 4.78 is 5.99. The number of phenolic OH excluding ortho intramolecular Hbond substituents is 1. The van der Waals surface area contributed by atoms with E-state index in [0.717, 1.165) is 29.7 Å². The second kappa shape index (κ2) is 9.04. The van der Waals surface area contributed by atoms with Gasteiger partial charge in [0.05, 0.1) is 23.5 Å². The number of anilines is 2. The van der Waals surface area contributed by atoms with E-state index in [-0.39, 0.29) is 11.7 Å². The van der Waals surface area contributed by atoms with Crippen molar-refractivity contribution in [3.63, 3.8) is 0 Å². The predicted molar refractivity (Wildman–Crippen MR) is 127 cm³/mol. The summed E-state index contributed by atoms with van der Waals surface area (Å²) in [4.78, 5) is 14.8. The standard InChI is InChI=1S/C26H31N3O3/c1-16-11-22-24(12-17(16)2)32-25(15-27-22)26(31)28-21-14-23(30)20(18-7-5-6-8-18)13-19(21)9-10-29(3)4/h11-14,18,25,27,30H,5-8,15H2,1-4H3,(H,28,31). The first-order valence-corrected chi connectivity index (χ1v) is 11.2. The van der Waals surface area contributed by atoms with Gasteiger partial charge in [-0.15, -0.1) is 0 Å². The monoisotopic (exact) mass is 433 g/mol. The Morgan fingerprint density at radius 3 is 2.59 bits per heavy atom. The molecule has 32 heavy (non-hydrogen) atoms. The van der Waals surface area contributed by atoms with Gasteiger partial charge >= 0.3 is 0 Å².